The molecule has 1 heterocycles. The Kier molecular flexibility index (Phi) is 6.65. The van der Waals surface area contributed by atoms with Gasteiger partial charge in [-0.3, -0.25) is 14.9 Å². The normalized spacial score (nSPS) is 14.9. The molecular weight excluding hydrogens is 456 g/mol. The maximum Gasteiger partial charge on any atom is 0.335 e. The van der Waals surface area contributed by atoms with Gasteiger partial charge in [0, 0.05) is 0 Å². The molecule has 1 fully saturated rings. The lowest BCUT2D eigenvalue weighted by atomic mass is 10.1. The predicted octanol–water partition coefficient (Wildman–Crippen LogP) is 4.90. The van der Waals surface area contributed by atoms with Gasteiger partial charge in [-0.15, -0.1) is 0 Å². The van der Waals surface area contributed by atoms with Crippen molar-refractivity contribution in [2.75, 3.05) is 12.0 Å². The average molecular weight is 477 g/mol. The van der Waals surface area contributed by atoms with Crippen LogP contribution in [-0.4, -0.2) is 25.0 Å². The Labute approximate surface area is 201 Å². The Bertz CT molecular complexity index is 1290. The fraction of sp³-hybridized carbons (Fsp3) is 0.115. The molecule has 1 aliphatic rings. The van der Waals surface area contributed by atoms with Crippen molar-refractivity contribution in [1.82, 2.24) is 5.32 Å². The summed E-state index contributed by atoms with van der Waals surface area (Å²) in [5.41, 5.74) is 2.68. The van der Waals surface area contributed by atoms with Crippen LogP contribution < -0.4 is 19.7 Å². The number of carbonyl (C=O) groups excluding carboxylic acids is 3. The number of amides is 4. The summed E-state index contributed by atoms with van der Waals surface area (Å²) >= 11 is 6.46. The number of imide groups is 2. The molecule has 0 unspecified atom stereocenters. The molecule has 1 aliphatic heterocycles. The van der Waals surface area contributed by atoms with Crippen LogP contribution in [0.1, 0.15) is 16.7 Å². The van der Waals surface area contributed by atoms with E-state index in [-0.39, 0.29) is 17.2 Å². The molecule has 4 rings (SSSR count). The quantitative estimate of drug-likeness (QED) is 0.404. The van der Waals surface area contributed by atoms with Crippen LogP contribution in [0.15, 0.2) is 72.3 Å². The highest BCUT2D eigenvalue weighted by molar-refractivity contribution is 6.39. The maximum atomic E-state index is 13.0. The van der Waals surface area contributed by atoms with E-state index in [4.69, 9.17) is 21.1 Å². The number of methoxy groups -OCH3 is 1. The third kappa shape index (κ3) is 4.79. The van der Waals surface area contributed by atoms with Gasteiger partial charge < -0.3 is 9.47 Å². The highest BCUT2D eigenvalue weighted by atomic mass is 35.5. The summed E-state index contributed by atoms with van der Waals surface area (Å²) in [5.74, 6) is -0.856. The number of nitrogens with one attached hydrogen (secondary N) is 1. The van der Waals surface area contributed by atoms with Crippen molar-refractivity contribution >= 4 is 41.2 Å². The second-order valence-electron chi connectivity index (χ2n) is 7.60. The molecule has 0 aliphatic carbocycles. The highest BCUT2D eigenvalue weighted by Crippen LogP contribution is 2.38. The van der Waals surface area contributed by atoms with Crippen molar-refractivity contribution in [3.05, 3.63) is 94.0 Å². The van der Waals surface area contributed by atoms with Gasteiger partial charge in [0.15, 0.2) is 11.5 Å². The average Bonchev–Trinajstić information content (AvgIpc) is 2.82. The summed E-state index contributed by atoms with van der Waals surface area (Å²) in [7, 11) is 1.47. The molecule has 1 saturated heterocycles. The van der Waals surface area contributed by atoms with E-state index in [2.05, 4.69) is 5.32 Å². The first kappa shape index (κ1) is 23.1. The fourth-order valence-corrected chi connectivity index (χ4v) is 3.71. The lowest BCUT2D eigenvalue weighted by molar-refractivity contribution is -0.122. The first-order valence-electron chi connectivity index (χ1n) is 10.4. The van der Waals surface area contributed by atoms with Crippen molar-refractivity contribution in [2.45, 2.75) is 13.5 Å². The monoisotopic (exact) mass is 476 g/mol. The second kappa shape index (κ2) is 9.80. The molecule has 7 nitrogen and oxygen atoms in total. The number of para-hydroxylation sites is 1. The molecule has 0 atom stereocenters. The van der Waals surface area contributed by atoms with E-state index >= 15 is 0 Å². The van der Waals surface area contributed by atoms with Crippen LogP contribution in [0.4, 0.5) is 10.5 Å². The minimum Gasteiger partial charge on any atom is -0.493 e. The van der Waals surface area contributed by atoms with Gasteiger partial charge >= 0.3 is 6.03 Å². The number of hydrogen-bond donors (Lipinski definition) is 1. The molecule has 1 N–H and O–H groups in total. The molecule has 172 valence electrons. The van der Waals surface area contributed by atoms with Crippen LogP contribution in [0.3, 0.4) is 0 Å². The number of aryl methyl sites for hydroxylation is 1. The van der Waals surface area contributed by atoms with E-state index in [1.807, 2.05) is 31.2 Å². The molecule has 3 aromatic rings. The van der Waals surface area contributed by atoms with Crippen LogP contribution >= 0.6 is 11.6 Å². The molecule has 0 radical (unpaired) electrons. The third-order valence-electron chi connectivity index (χ3n) is 5.18. The molecule has 0 bridgehead atoms. The minimum absolute atomic E-state index is 0.213. The zero-order valence-corrected chi connectivity index (χ0v) is 19.3. The standard InChI is InChI=1S/C26H21ClN2O5/c1-16-8-10-17(11-9-16)15-34-23-21(27)13-18(14-22(23)33-2)12-20-24(30)28-26(32)29(25(20)31)19-6-4-3-5-7-19/h3-14H,15H2,1-2H3,(H,28,30,32)/b20-12+. The Morgan fingerprint density at radius 1 is 1.00 bits per heavy atom. The second-order valence-corrected chi connectivity index (χ2v) is 8.01. The SMILES string of the molecule is COc1cc(/C=C2\C(=O)NC(=O)N(c3ccccc3)C2=O)cc(Cl)c1OCc1ccc(C)cc1. The lowest BCUT2D eigenvalue weighted by Gasteiger charge is -2.26. The van der Waals surface area contributed by atoms with Gasteiger partial charge in [0.05, 0.1) is 17.8 Å². The number of rotatable bonds is 6. The Hall–Kier alpha value is -4.10. The number of nitrogens with zero attached hydrogens (tertiary/aromatic N) is 1. The van der Waals surface area contributed by atoms with Gasteiger partial charge in [-0.1, -0.05) is 59.6 Å². The number of urea groups is 1. The molecule has 0 aromatic heterocycles. The number of benzene rings is 3. The number of hydrogen-bond acceptors (Lipinski definition) is 5. The van der Waals surface area contributed by atoms with E-state index in [0.717, 1.165) is 16.0 Å². The Morgan fingerprint density at radius 2 is 1.71 bits per heavy atom. The summed E-state index contributed by atoms with van der Waals surface area (Å²) in [5, 5.41) is 2.44. The van der Waals surface area contributed by atoms with E-state index in [1.54, 1.807) is 42.5 Å². The number of ether oxygens (including phenoxy) is 2. The molecule has 0 spiro atoms. The van der Waals surface area contributed by atoms with Crippen LogP contribution in [0.25, 0.3) is 6.08 Å². The minimum atomic E-state index is -0.811. The van der Waals surface area contributed by atoms with Crippen LogP contribution in [0.5, 0.6) is 11.5 Å². The smallest absolute Gasteiger partial charge is 0.335 e. The molecule has 3 aromatic carbocycles. The molecule has 34 heavy (non-hydrogen) atoms. The number of carbonyl (C=O) groups is 3. The van der Waals surface area contributed by atoms with Gasteiger partial charge in [0.2, 0.25) is 0 Å². The van der Waals surface area contributed by atoms with Gasteiger partial charge in [-0.25, -0.2) is 9.69 Å². The first-order valence-corrected chi connectivity index (χ1v) is 10.8. The van der Waals surface area contributed by atoms with Crippen molar-refractivity contribution in [3.63, 3.8) is 0 Å². The van der Waals surface area contributed by atoms with Gasteiger partial charge in [0.25, 0.3) is 11.8 Å². The van der Waals surface area contributed by atoms with Gasteiger partial charge in [-0.05, 0) is 48.4 Å². The Morgan fingerprint density at radius 3 is 2.38 bits per heavy atom. The number of anilines is 1. The molecule has 8 heteroatoms. The summed E-state index contributed by atoms with van der Waals surface area (Å²) in [6.07, 6.45) is 1.36. The summed E-state index contributed by atoms with van der Waals surface area (Å²) in [6.45, 7) is 2.29. The lowest BCUT2D eigenvalue weighted by Crippen LogP contribution is -2.54. The summed E-state index contributed by atoms with van der Waals surface area (Å²) in [4.78, 5) is 38.7. The van der Waals surface area contributed by atoms with Crippen LogP contribution in [-0.2, 0) is 16.2 Å². The molecular formula is C26H21ClN2O5. The van der Waals surface area contributed by atoms with E-state index in [0.29, 0.717) is 22.7 Å². The Balaban J connectivity index is 1.63. The largest absolute Gasteiger partial charge is 0.493 e. The summed E-state index contributed by atoms with van der Waals surface area (Å²) in [6, 6.07) is 18.6. The topological polar surface area (TPSA) is 84.9 Å². The third-order valence-corrected chi connectivity index (χ3v) is 5.46. The predicted molar refractivity (Wildman–Crippen MR) is 129 cm³/mol. The highest BCUT2D eigenvalue weighted by Gasteiger charge is 2.36. The number of barbiturate groups is 1. The number of halogens is 1. The van der Waals surface area contributed by atoms with Gasteiger partial charge in [-0.2, -0.15) is 0 Å². The van der Waals surface area contributed by atoms with E-state index < -0.39 is 17.8 Å². The van der Waals surface area contributed by atoms with Crippen LogP contribution in [0.2, 0.25) is 5.02 Å². The zero-order chi connectivity index (χ0) is 24.2. The van der Waals surface area contributed by atoms with Crippen molar-refractivity contribution in [1.29, 1.82) is 0 Å². The fourth-order valence-electron chi connectivity index (χ4n) is 3.44. The molecule has 4 amide bonds. The van der Waals surface area contributed by atoms with Crippen molar-refractivity contribution in [3.8, 4) is 11.5 Å². The molecule has 0 saturated carbocycles. The van der Waals surface area contributed by atoms with Gasteiger partial charge in [0.1, 0.15) is 12.2 Å². The maximum absolute atomic E-state index is 13.0. The van der Waals surface area contributed by atoms with Crippen molar-refractivity contribution < 1.29 is 23.9 Å². The zero-order valence-electron chi connectivity index (χ0n) is 18.5. The first-order chi connectivity index (χ1) is 16.4. The van der Waals surface area contributed by atoms with Crippen LogP contribution in [0, 0.1) is 6.92 Å². The van der Waals surface area contributed by atoms with Crippen molar-refractivity contribution in [2.24, 2.45) is 0 Å². The van der Waals surface area contributed by atoms with E-state index in [9.17, 15) is 14.4 Å². The summed E-state index contributed by atoms with van der Waals surface area (Å²) < 4.78 is 11.3. The van der Waals surface area contributed by atoms with E-state index in [1.165, 1.54) is 13.2 Å².